The molecule has 0 saturated heterocycles. The first-order valence-electron chi connectivity index (χ1n) is 8.32. The number of ether oxygens (including phenoxy) is 1. The number of benzene rings is 3. The molecule has 0 heterocycles. The molecule has 1 N–H and O–H groups in total. The molecule has 0 saturated carbocycles. The maximum absolute atomic E-state index is 10.7. The first-order chi connectivity index (χ1) is 13.9. The summed E-state index contributed by atoms with van der Waals surface area (Å²) in [7, 11) is 0. The molecule has 0 aliphatic rings. The van der Waals surface area contributed by atoms with Gasteiger partial charge in [0.2, 0.25) is 0 Å². The van der Waals surface area contributed by atoms with Gasteiger partial charge in [-0.3, -0.25) is 15.5 Å². The van der Waals surface area contributed by atoms with Gasteiger partial charge < -0.3 is 4.74 Å². The van der Waals surface area contributed by atoms with Gasteiger partial charge in [0.05, 0.1) is 24.9 Å². The maximum atomic E-state index is 10.7. The third-order valence-electron chi connectivity index (χ3n) is 3.80. The van der Waals surface area contributed by atoms with Crippen LogP contribution in [0.15, 0.2) is 74.7 Å². The van der Waals surface area contributed by atoms with Crippen LogP contribution >= 0.6 is 54.5 Å². The van der Waals surface area contributed by atoms with Crippen LogP contribution < -0.4 is 10.2 Å². The fourth-order valence-electron chi connectivity index (χ4n) is 2.37. The second-order valence-corrected chi connectivity index (χ2v) is 8.84. The van der Waals surface area contributed by atoms with E-state index in [9.17, 15) is 10.1 Å². The lowest BCUT2D eigenvalue weighted by Gasteiger charge is -2.11. The summed E-state index contributed by atoms with van der Waals surface area (Å²) in [5.41, 5.74) is 5.52. The summed E-state index contributed by atoms with van der Waals surface area (Å²) in [5, 5.41) is 14.9. The lowest BCUT2D eigenvalue weighted by molar-refractivity contribution is -0.384. The van der Waals surface area contributed by atoms with Crippen LogP contribution in [0.1, 0.15) is 11.1 Å². The highest BCUT2D eigenvalue weighted by molar-refractivity contribution is 14.1. The number of non-ortho nitro benzene ring substituents is 1. The number of rotatable bonds is 7. The quantitative estimate of drug-likeness (QED) is 0.136. The third kappa shape index (κ3) is 6.25. The fraction of sp³-hybridized carbons (Fsp3) is 0.0500. The van der Waals surface area contributed by atoms with Gasteiger partial charge >= 0.3 is 0 Å². The van der Waals surface area contributed by atoms with Crippen molar-refractivity contribution in [2.24, 2.45) is 5.10 Å². The molecule has 9 heteroatoms. The molecular formula is C20H14Br2IN3O3. The van der Waals surface area contributed by atoms with E-state index in [2.05, 4.69) is 65.0 Å². The van der Waals surface area contributed by atoms with E-state index >= 15 is 0 Å². The van der Waals surface area contributed by atoms with Gasteiger partial charge in [0.25, 0.3) is 5.69 Å². The molecule has 3 rings (SSSR count). The van der Waals surface area contributed by atoms with Crippen molar-refractivity contribution in [1.29, 1.82) is 0 Å². The zero-order chi connectivity index (χ0) is 20.8. The summed E-state index contributed by atoms with van der Waals surface area (Å²) in [5.74, 6) is 0.772. The first kappa shape index (κ1) is 21.7. The van der Waals surface area contributed by atoms with Gasteiger partial charge in [-0.25, -0.2) is 0 Å². The van der Waals surface area contributed by atoms with E-state index in [1.807, 2.05) is 36.4 Å². The Morgan fingerprint density at radius 2 is 1.79 bits per heavy atom. The molecule has 0 fully saturated rings. The van der Waals surface area contributed by atoms with Crippen molar-refractivity contribution in [2.75, 3.05) is 5.43 Å². The van der Waals surface area contributed by atoms with E-state index in [-0.39, 0.29) is 5.69 Å². The van der Waals surface area contributed by atoms with E-state index in [0.717, 1.165) is 29.4 Å². The lowest BCUT2D eigenvalue weighted by atomic mass is 10.2. The highest BCUT2D eigenvalue weighted by Crippen LogP contribution is 2.32. The van der Waals surface area contributed by atoms with Gasteiger partial charge in [-0.15, -0.1) is 0 Å². The molecule has 6 nitrogen and oxygen atoms in total. The largest absolute Gasteiger partial charge is 0.487 e. The van der Waals surface area contributed by atoms with Crippen LogP contribution in [-0.4, -0.2) is 11.1 Å². The van der Waals surface area contributed by atoms with Crippen molar-refractivity contribution in [2.45, 2.75) is 6.61 Å². The van der Waals surface area contributed by atoms with Crippen LogP contribution in [0.2, 0.25) is 0 Å². The number of hydrogen-bond donors (Lipinski definition) is 1. The number of nitro groups is 1. The summed E-state index contributed by atoms with van der Waals surface area (Å²) in [6, 6.07) is 17.9. The summed E-state index contributed by atoms with van der Waals surface area (Å²) in [6.07, 6.45) is 1.67. The molecule has 0 bridgehead atoms. The van der Waals surface area contributed by atoms with Gasteiger partial charge in [-0.05, 0) is 86.0 Å². The van der Waals surface area contributed by atoms with Crippen molar-refractivity contribution < 1.29 is 9.66 Å². The highest BCUT2D eigenvalue weighted by Gasteiger charge is 2.09. The van der Waals surface area contributed by atoms with Gasteiger partial charge in [0.1, 0.15) is 12.4 Å². The molecule has 0 spiro atoms. The van der Waals surface area contributed by atoms with Crippen LogP contribution in [0, 0.1) is 13.7 Å². The molecule has 0 aromatic heterocycles. The predicted octanol–water partition coefficient (Wildman–Crippen LogP) is 6.75. The molecule has 3 aromatic rings. The van der Waals surface area contributed by atoms with E-state index in [1.54, 1.807) is 18.3 Å². The Balaban J connectivity index is 1.64. The van der Waals surface area contributed by atoms with Gasteiger partial charge in [-0.2, -0.15) is 5.10 Å². The first-order valence-corrected chi connectivity index (χ1v) is 11.0. The van der Waals surface area contributed by atoms with E-state index < -0.39 is 4.92 Å². The van der Waals surface area contributed by atoms with Crippen LogP contribution in [0.4, 0.5) is 11.4 Å². The summed E-state index contributed by atoms with van der Waals surface area (Å²) >= 11 is 9.21. The van der Waals surface area contributed by atoms with Crippen LogP contribution in [0.5, 0.6) is 5.75 Å². The predicted molar refractivity (Wildman–Crippen MR) is 130 cm³/mol. The van der Waals surface area contributed by atoms with Crippen molar-refractivity contribution in [3.8, 4) is 5.75 Å². The second kappa shape index (κ2) is 10.2. The Bertz CT molecular complexity index is 1020. The number of nitrogens with one attached hydrogen (secondary N) is 1. The minimum atomic E-state index is -0.438. The number of hydrogen-bond acceptors (Lipinski definition) is 5. The topological polar surface area (TPSA) is 76.8 Å². The minimum Gasteiger partial charge on any atom is -0.487 e. The average Bonchev–Trinajstić information content (AvgIpc) is 2.69. The molecule has 0 unspecified atom stereocenters. The number of nitro benzene ring substituents is 1. The Labute approximate surface area is 197 Å². The maximum Gasteiger partial charge on any atom is 0.269 e. The molecule has 0 aliphatic heterocycles. The zero-order valence-electron chi connectivity index (χ0n) is 14.8. The summed E-state index contributed by atoms with van der Waals surface area (Å²) in [6.45, 7) is 0.469. The lowest BCUT2D eigenvalue weighted by Crippen LogP contribution is -1.99. The molecule has 3 aromatic carbocycles. The average molecular weight is 631 g/mol. The Morgan fingerprint density at radius 3 is 2.41 bits per heavy atom. The van der Waals surface area contributed by atoms with Crippen molar-refractivity contribution in [3.05, 3.63) is 94.4 Å². The molecule has 0 radical (unpaired) electrons. The van der Waals surface area contributed by atoms with Crippen LogP contribution in [-0.2, 0) is 6.61 Å². The Kier molecular flexibility index (Phi) is 7.62. The summed E-state index contributed by atoms with van der Waals surface area (Å²) < 4.78 is 8.78. The zero-order valence-corrected chi connectivity index (χ0v) is 20.1. The van der Waals surface area contributed by atoms with Gasteiger partial charge in [0.15, 0.2) is 0 Å². The number of hydrazone groups is 1. The van der Waals surface area contributed by atoms with E-state index in [0.29, 0.717) is 12.3 Å². The molecule has 0 atom stereocenters. The molecule has 0 amide bonds. The minimum absolute atomic E-state index is 0.0386. The van der Waals surface area contributed by atoms with E-state index in [4.69, 9.17) is 4.74 Å². The fourth-order valence-corrected chi connectivity index (χ4v) is 4.40. The Morgan fingerprint density at radius 1 is 1.10 bits per heavy atom. The molecule has 29 heavy (non-hydrogen) atoms. The van der Waals surface area contributed by atoms with Gasteiger partial charge in [-0.1, -0.05) is 28.1 Å². The molecule has 148 valence electrons. The normalized spacial score (nSPS) is 10.9. The number of nitrogens with zero attached hydrogens (tertiary/aromatic N) is 2. The van der Waals surface area contributed by atoms with Crippen LogP contribution in [0.3, 0.4) is 0 Å². The smallest absolute Gasteiger partial charge is 0.269 e. The monoisotopic (exact) mass is 629 g/mol. The summed E-state index contributed by atoms with van der Waals surface area (Å²) in [4.78, 5) is 10.2. The van der Waals surface area contributed by atoms with Crippen molar-refractivity contribution in [1.82, 2.24) is 0 Å². The molecule has 0 aliphatic carbocycles. The third-order valence-corrected chi connectivity index (χ3v) is 5.72. The van der Waals surface area contributed by atoms with Crippen LogP contribution in [0.25, 0.3) is 0 Å². The van der Waals surface area contributed by atoms with Crippen molar-refractivity contribution in [3.63, 3.8) is 0 Å². The standard InChI is InChI=1S/C20H14Br2IN3O3/c21-15-3-1-13(2-4-15)12-29-20-18(22)9-14(10-19(20)23)11-24-25-16-5-7-17(8-6-16)26(27)28/h1-11,25H,12H2/b24-11+. The molecular weight excluding hydrogens is 617 g/mol. The van der Waals surface area contributed by atoms with E-state index in [1.165, 1.54) is 12.1 Å². The number of halogens is 3. The SMILES string of the molecule is O=[N+]([O-])c1ccc(N/N=C/c2cc(Br)c(OCc3ccc(Br)cc3)c(I)c2)cc1. The number of anilines is 1. The van der Waals surface area contributed by atoms with Gasteiger partial charge in [0, 0.05) is 16.6 Å². The van der Waals surface area contributed by atoms with Crippen molar-refractivity contribution >= 4 is 72.0 Å². The Hall–Kier alpha value is -1.98. The second-order valence-electron chi connectivity index (χ2n) is 5.90. The highest BCUT2D eigenvalue weighted by atomic mass is 127.